The molecule has 1 fully saturated rings. The molecule has 6 nitrogen and oxygen atoms in total. The molecule has 1 saturated carbocycles. The number of amides is 1. The zero-order chi connectivity index (χ0) is 18.7. The number of hydrogen-bond acceptors (Lipinski definition) is 6. The van der Waals surface area contributed by atoms with Gasteiger partial charge in [-0.25, -0.2) is 4.79 Å². The number of anilines is 1. The fourth-order valence-electron chi connectivity index (χ4n) is 2.86. The fraction of sp³-hybridized carbons (Fsp3) is 0.368. The Labute approximate surface area is 156 Å². The summed E-state index contributed by atoms with van der Waals surface area (Å²) in [5, 5.41) is 5.24. The normalized spacial score (nSPS) is 13.7. The zero-order valence-corrected chi connectivity index (χ0v) is 15.8. The van der Waals surface area contributed by atoms with Gasteiger partial charge < -0.3 is 19.5 Å². The van der Waals surface area contributed by atoms with E-state index in [1.165, 1.54) is 18.4 Å². The second-order valence-electron chi connectivity index (χ2n) is 6.03. The minimum Gasteiger partial charge on any atom is -0.493 e. The Morgan fingerprint density at radius 1 is 1.12 bits per heavy atom. The van der Waals surface area contributed by atoms with Gasteiger partial charge in [0.2, 0.25) is 5.91 Å². The highest BCUT2D eigenvalue weighted by atomic mass is 32.1. The molecule has 26 heavy (non-hydrogen) atoms. The maximum absolute atomic E-state index is 12.4. The van der Waals surface area contributed by atoms with E-state index in [2.05, 4.69) is 5.32 Å². The van der Waals surface area contributed by atoms with Gasteiger partial charge in [-0.3, -0.25) is 4.79 Å². The molecule has 138 valence electrons. The number of methoxy groups -OCH3 is 3. The van der Waals surface area contributed by atoms with Gasteiger partial charge in [-0.1, -0.05) is 12.5 Å². The lowest BCUT2D eigenvalue weighted by atomic mass is 9.85. The van der Waals surface area contributed by atoms with Crippen molar-refractivity contribution >= 4 is 28.2 Å². The largest absolute Gasteiger partial charge is 0.493 e. The summed E-state index contributed by atoms with van der Waals surface area (Å²) < 4.78 is 15.5. The molecule has 1 aliphatic rings. The van der Waals surface area contributed by atoms with E-state index >= 15 is 0 Å². The number of carbonyl (C=O) groups excluding carboxylic acids is 2. The van der Waals surface area contributed by atoms with Gasteiger partial charge in [0.1, 0.15) is 10.6 Å². The summed E-state index contributed by atoms with van der Waals surface area (Å²) in [6, 6.07) is 5.41. The van der Waals surface area contributed by atoms with Crippen LogP contribution >= 0.6 is 11.3 Å². The van der Waals surface area contributed by atoms with Crippen LogP contribution in [0.1, 0.15) is 29.6 Å². The fourth-order valence-corrected chi connectivity index (χ4v) is 3.82. The number of nitrogens with one attached hydrogen (secondary N) is 1. The third kappa shape index (κ3) is 3.39. The average Bonchev–Trinajstić information content (AvgIpc) is 3.02. The van der Waals surface area contributed by atoms with Gasteiger partial charge in [-0.2, -0.15) is 0 Å². The van der Waals surface area contributed by atoms with Crippen LogP contribution in [-0.2, 0) is 9.53 Å². The van der Waals surface area contributed by atoms with E-state index in [0.29, 0.717) is 27.6 Å². The van der Waals surface area contributed by atoms with E-state index in [4.69, 9.17) is 14.2 Å². The van der Waals surface area contributed by atoms with Crippen LogP contribution in [0.2, 0.25) is 0 Å². The van der Waals surface area contributed by atoms with Crippen molar-refractivity contribution in [3.63, 3.8) is 0 Å². The third-order valence-electron chi connectivity index (χ3n) is 4.59. The highest BCUT2D eigenvalue weighted by Gasteiger charge is 2.28. The molecule has 0 saturated heterocycles. The summed E-state index contributed by atoms with van der Waals surface area (Å²) in [4.78, 5) is 24.7. The molecule has 3 rings (SSSR count). The van der Waals surface area contributed by atoms with Crippen LogP contribution in [0.4, 0.5) is 5.00 Å². The molecule has 7 heteroatoms. The van der Waals surface area contributed by atoms with Gasteiger partial charge >= 0.3 is 5.97 Å². The molecule has 1 aromatic heterocycles. The summed E-state index contributed by atoms with van der Waals surface area (Å²) in [6.45, 7) is 0. The molecule has 0 radical (unpaired) electrons. The van der Waals surface area contributed by atoms with Crippen molar-refractivity contribution in [2.45, 2.75) is 19.3 Å². The molecule has 0 spiro atoms. The summed E-state index contributed by atoms with van der Waals surface area (Å²) in [6.07, 6.45) is 2.86. The average molecular weight is 375 g/mol. The molecule has 0 atom stereocenters. The van der Waals surface area contributed by atoms with Crippen LogP contribution in [0.15, 0.2) is 23.6 Å². The van der Waals surface area contributed by atoms with Crippen LogP contribution in [0.3, 0.4) is 0 Å². The lowest BCUT2D eigenvalue weighted by molar-refractivity contribution is -0.122. The second kappa shape index (κ2) is 7.78. The highest BCUT2D eigenvalue weighted by molar-refractivity contribution is 7.15. The second-order valence-corrected chi connectivity index (χ2v) is 6.91. The Morgan fingerprint density at radius 2 is 1.85 bits per heavy atom. The summed E-state index contributed by atoms with van der Waals surface area (Å²) in [5.41, 5.74) is 1.83. The van der Waals surface area contributed by atoms with Gasteiger partial charge in [0.25, 0.3) is 0 Å². The number of ether oxygens (including phenoxy) is 3. The van der Waals surface area contributed by atoms with E-state index < -0.39 is 5.97 Å². The molecule has 1 N–H and O–H groups in total. The van der Waals surface area contributed by atoms with Gasteiger partial charge in [-0.05, 0) is 30.5 Å². The first kappa shape index (κ1) is 18.3. The smallest absolute Gasteiger partial charge is 0.341 e. The molecule has 1 aromatic carbocycles. The first-order chi connectivity index (χ1) is 12.6. The molecule has 1 amide bonds. The monoisotopic (exact) mass is 375 g/mol. The first-order valence-electron chi connectivity index (χ1n) is 8.32. The van der Waals surface area contributed by atoms with E-state index in [1.807, 2.05) is 11.4 Å². The molecule has 1 aliphatic carbocycles. The Hall–Kier alpha value is -2.54. The van der Waals surface area contributed by atoms with Gasteiger partial charge in [-0.15, -0.1) is 11.3 Å². The predicted molar refractivity (Wildman–Crippen MR) is 100 cm³/mol. The van der Waals surface area contributed by atoms with Crippen molar-refractivity contribution in [3.05, 3.63) is 29.1 Å². The first-order valence-corrected chi connectivity index (χ1v) is 9.20. The summed E-state index contributed by atoms with van der Waals surface area (Å²) >= 11 is 1.31. The van der Waals surface area contributed by atoms with Crippen molar-refractivity contribution in [2.24, 2.45) is 5.92 Å². The van der Waals surface area contributed by atoms with Crippen molar-refractivity contribution in [1.82, 2.24) is 0 Å². The van der Waals surface area contributed by atoms with Gasteiger partial charge in [0.05, 0.1) is 21.3 Å². The van der Waals surface area contributed by atoms with Crippen LogP contribution in [0, 0.1) is 5.92 Å². The molecule has 1 heterocycles. The molecule has 0 unspecified atom stereocenters. The summed E-state index contributed by atoms with van der Waals surface area (Å²) in [5.74, 6) is 0.672. The minimum atomic E-state index is -0.486. The van der Waals surface area contributed by atoms with Crippen LogP contribution in [0.25, 0.3) is 11.1 Å². The quantitative estimate of drug-likeness (QED) is 0.774. The maximum atomic E-state index is 12.4. The van der Waals surface area contributed by atoms with Crippen molar-refractivity contribution < 1.29 is 23.8 Å². The van der Waals surface area contributed by atoms with E-state index in [1.54, 1.807) is 26.4 Å². The van der Waals surface area contributed by atoms with E-state index in [0.717, 1.165) is 24.8 Å². The number of rotatable bonds is 6. The maximum Gasteiger partial charge on any atom is 0.341 e. The molecule has 0 bridgehead atoms. The number of thiophene rings is 1. The third-order valence-corrected chi connectivity index (χ3v) is 5.48. The highest BCUT2D eigenvalue weighted by Crippen LogP contribution is 2.40. The Bertz CT molecular complexity index is 825. The summed E-state index contributed by atoms with van der Waals surface area (Å²) in [7, 11) is 4.45. The number of esters is 1. The van der Waals surface area contributed by atoms with Crippen LogP contribution in [0.5, 0.6) is 11.5 Å². The van der Waals surface area contributed by atoms with Gasteiger partial charge in [0.15, 0.2) is 11.5 Å². The Balaban J connectivity index is 1.99. The zero-order valence-electron chi connectivity index (χ0n) is 15.0. The van der Waals surface area contributed by atoms with Gasteiger partial charge in [0, 0.05) is 16.9 Å². The standard InChI is InChI=1S/C19H21NO5S/c1-23-14-8-7-12(9-15(14)24-2)13-10-26-18(16(13)19(22)25-3)20-17(21)11-5-4-6-11/h7-11H,4-6H2,1-3H3,(H,20,21). The number of carbonyl (C=O) groups is 2. The van der Waals surface area contributed by atoms with E-state index in [-0.39, 0.29) is 11.8 Å². The number of hydrogen-bond donors (Lipinski definition) is 1. The van der Waals surface area contributed by atoms with Crippen molar-refractivity contribution in [3.8, 4) is 22.6 Å². The number of benzene rings is 1. The predicted octanol–water partition coefficient (Wildman–Crippen LogP) is 3.96. The molecular weight excluding hydrogens is 354 g/mol. The minimum absolute atomic E-state index is 0.0344. The Kier molecular flexibility index (Phi) is 5.46. The van der Waals surface area contributed by atoms with E-state index in [9.17, 15) is 9.59 Å². The molecular formula is C19H21NO5S. The van der Waals surface area contributed by atoms with Crippen molar-refractivity contribution in [2.75, 3.05) is 26.6 Å². The molecule has 0 aliphatic heterocycles. The molecule has 2 aromatic rings. The topological polar surface area (TPSA) is 73.9 Å². The lowest BCUT2D eigenvalue weighted by Gasteiger charge is -2.23. The van der Waals surface area contributed by atoms with Crippen LogP contribution in [-0.4, -0.2) is 33.2 Å². The van der Waals surface area contributed by atoms with Crippen molar-refractivity contribution in [1.29, 1.82) is 0 Å². The lowest BCUT2D eigenvalue weighted by Crippen LogP contribution is -2.28. The Morgan fingerprint density at radius 3 is 2.42 bits per heavy atom. The SMILES string of the molecule is COC(=O)c1c(-c2ccc(OC)c(OC)c2)csc1NC(=O)C1CCC1. The van der Waals surface area contributed by atoms with Crippen LogP contribution < -0.4 is 14.8 Å².